The first-order chi connectivity index (χ1) is 5.68. The number of halogens is 1. The fourth-order valence-electron chi connectivity index (χ4n) is 1.17. The maximum Gasteiger partial charge on any atom is 0.141 e. The zero-order chi connectivity index (χ0) is 8.60. The van der Waals surface area contributed by atoms with Gasteiger partial charge in [-0.1, -0.05) is 0 Å². The van der Waals surface area contributed by atoms with Gasteiger partial charge in [0.2, 0.25) is 0 Å². The van der Waals surface area contributed by atoms with E-state index in [1.54, 1.807) is 6.07 Å². The number of aliphatic hydroxyl groups is 1. The molecule has 2 rings (SSSR count). The topological polar surface area (TPSA) is 33.1 Å². The Kier molecular flexibility index (Phi) is 1.61. The van der Waals surface area contributed by atoms with E-state index in [1.807, 2.05) is 0 Å². The number of hydrogen-bond donors (Lipinski definition) is 1. The third kappa shape index (κ3) is 1.61. The van der Waals surface area contributed by atoms with E-state index >= 15 is 0 Å². The third-order valence-electron chi connectivity index (χ3n) is 2.13. The molecular formula is C9H10FNO. The zero-order valence-corrected chi connectivity index (χ0v) is 6.63. The lowest BCUT2D eigenvalue weighted by atomic mass is 10.1. The second kappa shape index (κ2) is 2.52. The van der Waals surface area contributed by atoms with E-state index in [2.05, 4.69) is 4.98 Å². The van der Waals surface area contributed by atoms with Gasteiger partial charge in [-0.3, -0.25) is 4.98 Å². The van der Waals surface area contributed by atoms with Crippen LogP contribution < -0.4 is 0 Å². The van der Waals surface area contributed by atoms with Gasteiger partial charge in [-0.2, -0.15) is 0 Å². The smallest absolute Gasteiger partial charge is 0.141 e. The van der Waals surface area contributed by atoms with Crippen molar-refractivity contribution in [2.24, 2.45) is 0 Å². The first-order valence-electron chi connectivity index (χ1n) is 4.01. The minimum atomic E-state index is -0.537. The summed E-state index contributed by atoms with van der Waals surface area (Å²) in [4.78, 5) is 3.87. The standard InChI is InChI=1S/C9H10FNO/c10-7-1-2-8(11-6-7)5-9(12)3-4-9/h1-2,6,12H,3-5H2. The van der Waals surface area contributed by atoms with Crippen molar-refractivity contribution in [2.75, 3.05) is 0 Å². The van der Waals surface area contributed by atoms with Gasteiger partial charge < -0.3 is 5.11 Å². The molecule has 3 heteroatoms. The Bertz CT molecular complexity index is 279. The summed E-state index contributed by atoms with van der Waals surface area (Å²) in [6.07, 6.45) is 3.41. The van der Waals surface area contributed by atoms with Crippen LogP contribution >= 0.6 is 0 Å². The Morgan fingerprint density at radius 3 is 2.75 bits per heavy atom. The lowest BCUT2D eigenvalue weighted by molar-refractivity contribution is 0.149. The van der Waals surface area contributed by atoms with Crippen LogP contribution in [-0.4, -0.2) is 15.7 Å². The second-order valence-electron chi connectivity index (χ2n) is 3.37. The van der Waals surface area contributed by atoms with Crippen molar-refractivity contribution < 1.29 is 9.50 Å². The molecule has 2 nitrogen and oxygen atoms in total. The van der Waals surface area contributed by atoms with Gasteiger partial charge in [0.15, 0.2) is 0 Å². The predicted molar refractivity (Wildman–Crippen MR) is 42.1 cm³/mol. The molecule has 1 N–H and O–H groups in total. The Hall–Kier alpha value is -0.960. The van der Waals surface area contributed by atoms with Crippen LogP contribution in [0.25, 0.3) is 0 Å². The largest absolute Gasteiger partial charge is 0.389 e. The average molecular weight is 167 g/mol. The molecule has 1 fully saturated rings. The van der Waals surface area contributed by atoms with Gasteiger partial charge in [0.1, 0.15) is 5.82 Å². The fourth-order valence-corrected chi connectivity index (χ4v) is 1.17. The summed E-state index contributed by atoms with van der Waals surface area (Å²) in [5, 5.41) is 9.52. The first kappa shape index (κ1) is 7.68. The van der Waals surface area contributed by atoms with Gasteiger partial charge in [0.05, 0.1) is 11.8 Å². The van der Waals surface area contributed by atoms with Crippen LogP contribution in [0.15, 0.2) is 18.3 Å². The van der Waals surface area contributed by atoms with E-state index < -0.39 is 5.60 Å². The summed E-state index contributed by atoms with van der Waals surface area (Å²) in [6.45, 7) is 0. The number of hydrogen-bond acceptors (Lipinski definition) is 2. The van der Waals surface area contributed by atoms with Crippen molar-refractivity contribution in [3.05, 3.63) is 29.8 Å². The van der Waals surface area contributed by atoms with Crippen LogP contribution in [0.3, 0.4) is 0 Å². The molecular weight excluding hydrogens is 157 g/mol. The van der Waals surface area contributed by atoms with Crippen molar-refractivity contribution in [1.29, 1.82) is 0 Å². The van der Waals surface area contributed by atoms with E-state index in [4.69, 9.17) is 0 Å². The highest BCUT2D eigenvalue weighted by molar-refractivity contribution is 5.11. The Morgan fingerprint density at radius 1 is 1.50 bits per heavy atom. The molecule has 0 saturated heterocycles. The number of pyridine rings is 1. The highest BCUT2D eigenvalue weighted by Gasteiger charge is 2.40. The quantitative estimate of drug-likeness (QED) is 0.720. The highest BCUT2D eigenvalue weighted by Crippen LogP contribution is 2.37. The van der Waals surface area contributed by atoms with Crippen LogP contribution in [0.2, 0.25) is 0 Å². The molecule has 0 radical (unpaired) electrons. The van der Waals surface area contributed by atoms with E-state index in [1.165, 1.54) is 12.3 Å². The fraction of sp³-hybridized carbons (Fsp3) is 0.444. The summed E-state index contributed by atoms with van der Waals surface area (Å²) in [6, 6.07) is 2.99. The highest BCUT2D eigenvalue weighted by atomic mass is 19.1. The Balaban J connectivity index is 2.08. The first-order valence-corrected chi connectivity index (χ1v) is 4.01. The summed E-state index contributed by atoms with van der Waals surface area (Å²) in [5.41, 5.74) is 0.224. The SMILES string of the molecule is OC1(Cc2ccc(F)cn2)CC1. The third-order valence-corrected chi connectivity index (χ3v) is 2.13. The minimum Gasteiger partial charge on any atom is -0.389 e. The van der Waals surface area contributed by atoms with Gasteiger partial charge in [-0.05, 0) is 25.0 Å². The molecule has 1 aromatic rings. The predicted octanol–water partition coefficient (Wildman–Crippen LogP) is 1.29. The molecule has 64 valence electrons. The summed E-state index contributed by atoms with van der Waals surface area (Å²) < 4.78 is 12.4. The van der Waals surface area contributed by atoms with Crippen LogP contribution in [0, 0.1) is 5.82 Å². The van der Waals surface area contributed by atoms with E-state index in [0.717, 1.165) is 18.5 Å². The van der Waals surface area contributed by atoms with Gasteiger partial charge >= 0.3 is 0 Å². The van der Waals surface area contributed by atoms with Crippen LogP contribution in [-0.2, 0) is 6.42 Å². The zero-order valence-electron chi connectivity index (χ0n) is 6.63. The monoisotopic (exact) mass is 167 g/mol. The van der Waals surface area contributed by atoms with Crippen LogP contribution in [0.4, 0.5) is 4.39 Å². The Labute approximate surface area is 70.1 Å². The molecule has 0 amide bonds. The molecule has 1 aliphatic rings. The number of nitrogens with zero attached hydrogens (tertiary/aromatic N) is 1. The summed E-state index contributed by atoms with van der Waals surface area (Å²) >= 11 is 0. The normalized spacial score (nSPS) is 19.2. The molecule has 0 bridgehead atoms. The lowest BCUT2D eigenvalue weighted by Crippen LogP contribution is -2.11. The molecule has 0 atom stereocenters. The average Bonchev–Trinajstić information content (AvgIpc) is 2.74. The molecule has 0 aromatic carbocycles. The van der Waals surface area contributed by atoms with E-state index in [-0.39, 0.29) is 5.82 Å². The Morgan fingerprint density at radius 2 is 2.25 bits per heavy atom. The van der Waals surface area contributed by atoms with Gasteiger partial charge in [-0.25, -0.2) is 4.39 Å². The van der Waals surface area contributed by atoms with Crippen LogP contribution in [0.5, 0.6) is 0 Å². The number of aromatic nitrogens is 1. The maximum absolute atomic E-state index is 12.4. The molecule has 12 heavy (non-hydrogen) atoms. The van der Waals surface area contributed by atoms with Crippen molar-refractivity contribution in [3.63, 3.8) is 0 Å². The van der Waals surface area contributed by atoms with Gasteiger partial charge in [0, 0.05) is 12.1 Å². The number of rotatable bonds is 2. The van der Waals surface area contributed by atoms with Gasteiger partial charge in [0.25, 0.3) is 0 Å². The molecule has 0 spiro atoms. The lowest BCUT2D eigenvalue weighted by Gasteiger charge is -2.05. The van der Waals surface area contributed by atoms with Crippen molar-refractivity contribution >= 4 is 0 Å². The van der Waals surface area contributed by atoms with E-state index in [9.17, 15) is 9.50 Å². The maximum atomic E-state index is 12.4. The van der Waals surface area contributed by atoms with Gasteiger partial charge in [-0.15, -0.1) is 0 Å². The molecule has 0 aliphatic heterocycles. The molecule has 1 saturated carbocycles. The van der Waals surface area contributed by atoms with E-state index in [0.29, 0.717) is 6.42 Å². The summed E-state index contributed by atoms with van der Waals surface area (Å²) in [7, 11) is 0. The molecule has 1 aliphatic carbocycles. The molecule has 0 unspecified atom stereocenters. The van der Waals surface area contributed by atoms with Crippen molar-refractivity contribution in [1.82, 2.24) is 4.98 Å². The minimum absolute atomic E-state index is 0.332. The molecule has 1 heterocycles. The second-order valence-corrected chi connectivity index (χ2v) is 3.37. The van der Waals surface area contributed by atoms with Crippen molar-refractivity contribution in [2.45, 2.75) is 24.9 Å². The van der Waals surface area contributed by atoms with Crippen molar-refractivity contribution in [3.8, 4) is 0 Å². The summed E-state index contributed by atoms with van der Waals surface area (Å²) in [5.74, 6) is -0.332. The van der Waals surface area contributed by atoms with Crippen LogP contribution in [0.1, 0.15) is 18.5 Å². The molecule has 1 aromatic heterocycles.